The molecule has 6 heteroatoms. The second kappa shape index (κ2) is 5.69. The molecular weight excluding hydrogens is 282 g/mol. The number of hydrogen-bond donors (Lipinski definition) is 2. The molecule has 1 aromatic heterocycles. The van der Waals surface area contributed by atoms with Gasteiger partial charge in [-0.2, -0.15) is 4.98 Å². The van der Waals surface area contributed by atoms with Crippen LogP contribution in [-0.4, -0.2) is 28.9 Å². The van der Waals surface area contributed by atoms with Crippen molar-refractivity contribution in [2.75, 3.05) is 7.05 Å². The van der Waals surface area contributed by atoms with Gasteiger partial charge in [-0.25, -0.2) is 4.79 Å². The third kappa shape index (κ3) is 2.67. The summed E-state index contributed by atoms with van der Waals surface area (Å²) in [6.07, 6.45) is -0.611. The Bertz CT molecular complexity index is 840. The Morgan fingerprint density at radius 3 is 2.59 bits per heavy atom. The van der Waals surface area contributed by atoms with E-state index in [2.05, 4.69) is 15.3 Å². The van der Waals surface area contributed by atoms with Crippen molar-refractivity contribution in [3.05, 3.63) is 59.7 Å². The van der Waals surface area contributed by atoms with Crippen molar-refractivity contribution in [1.82, 2.24) is 15.3 Å². The molecule has 0 aliphatic carbocycles. The fourth-order valence-electron chi connectivity index (χ4n) is 2.07. The topological polar surface area (TPSA) is 84.1 Å². The molecule has 0 aliphatic heterocycles. The van der Waals surface area contributed by atoms with E-state index < -0.39 is 6.09 Å². The third-order valence-corrected chi connectivity index (χ3v) is 3.15. The van der Waals surface area contributed by atoms with Gasteiger partial charge < -0.3 is 15.0 Å². The Morgan fingerprint density at radius 1 is 1.09 bits per heavy atom. The van der Waals surface area contributed by atoms with Gasteiger partial charge in [-0.05, 0) is 18.2 Å². The molecule has 0 radical (unpaired) electrons. The molecule has 1 amide bonds. The molecule has 3 rings (SSSR count). The second-order valence-corrected chi connectivity index (χ2v) is 4.61. The molecular formula is C16H13N3O3. The highest BCUT2D eigenvalue weighted by Crippen LogP contribution is 2.19. The van der Waals surface area contributed by atoms with E-state index in [0.717, 1.165) is 0 Å². The Hall–Kier alpha value is -3.15. The molecule has 0 saturated heterocycles. The summed E-state index contributed by atoms with van der Waals surface area (Å²) in [6, 6.07) is 14.2. The first-order valence-corrected chi connectivity index (χ1v) is 6.66. The van der Waals surface area contributed by atoms with Crippen molar-refractivity contribution in [2.45, 2.75) is 0 Å². The van der Waals surface area contributed by atoms with Gasteiger partial charge in [-0.15, -0.1) is 0 Å². The predicted molar refractivity (Wildman–Crippen MR) is 81.1 cm³/mol. The van der Waals surface area contributed by atoms with Crippen LogP contribution in [-0.2, 0) is 0 Å². The number of amides is 1. The van der Waals surface area contributed by atoms with Gasteiger partial charge in [-0.3, -0.25) is 4.79 Å². The van der Waals surface area contributed by atoms with E-state index in [1.54, 1.807) is 30.3 Å². The summed E-state index contributed by atoms with van der Waals surface area (Å²) in [5.74, 6) is -0.0840. The van der Waals surface area contributed by atoms with Crippen molar-refractivity contribution in [3.63, 3.8) is 0 Å². The molecule has 0 atom stereocenters. The SMILES string of the molecule is CNC(=O)Oc1nc2cc(C(=O)c3ccccc3)ccc2[nH]1. The number of carbonyl (C=O) groups excluding carboxylic acids is 2. The van der Waals surface area contributed by atoms with Gasteiger partial charge >= 0.3 is 12.1 Å². The summed E-state index contributed by atoms with van der Waals surface area (Å²) in [5.41, 5.74) is 2.38. The van der Waals surface area contributed by atoms with Gasteiger partial charge in [0.25, 0.3) is 0 Å². The zero-order chi connectivity index (χ0) is 15.5. The number of carbonyl (C=O) groups is 2. The number of ketones is 1. The van der Waals surface area contributed by atoms with Gasteiger partial charge in [-0.1, -0.05) is 30.3 Å². The number of benzene rings is 2. The average Bonchev–Trinajstić information content (AvgIpc) is 2.96. The Balaban J connectivity index is 1.93. The standard InChI is InChI=1S/C16H13N3O3/c1-17-16(21)22-15-18-12-8-7-11(9-13(12)19-15)14(20)10-5-3-2-4-6-10/h2-9H,1H3,(H,17,21)(H,18,19). The van der Waals surface area contributed by atoms with Crippen molar-refractivity contribution in [2.24, 2.45) is 0 Å². The molecule has 0 fully saturated rings. The lowest BCUT2D eigenvalue weighted by Gasteiger charge is -2.00. The monoisotopic (exact) mass is 295 g/mol. The Kier molecular flexibility index (Phi) is 3.57. The van der Waals surface area contributed by atoms with Gasteiger partial charge in [0.15, 0.2) is 5.78 Å². The molecule has 0 unspecified atom stereocenters. The Labute approximate surface area is 126 Å². The molecule has 0 aliphatic rings. The largest absolute Gasteiger partial charge is 0.414 e. The lowest BCUT2D eigenvalue weighted by atomic mass is 10.0. The maximum atomic E-state index is 12.4. The van der Waals surface area contributed by atoms with Crippen LogP contribution < -0.4 is 10.1 Å². The number of nitrogens with one attached hydrogen (secondary N) is 2. The van der Waals surface area contributed by atoms with E-state index in [0.29, 0.717) is 22.2 Å². The first kappa shape index (κ1) is 13.8. The quantitative estimate of drug-likeness (QED) is 0.727. The van der Waals surface area contributed by atoms with Gasteiger partial charge in [0.1, 0.15) is 0 Å². The van der Waals surface area contributed by atoms with Crippen LogP contribution in [0.25, 0.3) is 11.0 Å². The number of hydrogen-bond acceptors (Lipinski definition) is 4. The maximum Gasteiger partial charge on any atom is 0.414 e. The van der Waals surface area contributed by atoms with Crippen LogP contribution in [0.3, 0.4) is 0 Å². The molecule has 2 aromatic carbocycles. The van der Waals surface area contributed by atoms with Gasteiger partial charge in [0.05, 0.1) is 11.0 Å². The number of nitrogens with zero attached hydrogens (tertiary/aromatic N) is 1. The summed E-state index contributed by atoms with van der Waals surface area (Å²) in [4.78, 5) is 30.6. The summed E-state index contributed by atoms with van der Waals surface area (Å²) in [6.45, 7) is 0. The number of rotatable bonds is 3. The molecule has 110 valence electrons. The van der Waals surface area contributed by atoms with Crippen LogP contribution in [0, 0.1) is 0 Å². The molecule has 0 bridgehead atoms. The van der Waals surface area contributed by atoms with Crippen LogP contribution >= 0.6 is 0 Å². The van der Waals surface area contributed by atoms with Crippen LogP contribution in [0.4, 0.5) is 4.79 Å². The van der Waals surface area contributed by atoms with Crippen LogP contribution in [0.1, 0.15) is 15.9 Å². The number of aromatic amines is 1. The van der Waals surface area contributed by atoms with E-state index in [1.807, 2.05) is 18.2 Å². The number of H-pyrrole nitrogens is 1. The zero-order valence-corrected chi connectivity index (χ0v) is 11.8. The molecule has 22 heavy (non-hydrogen) atoms. The highest BCUT2D eigenvalue weighted by Gasteiger charge is 2.12. The van der Waals surface area contributed by atoms with Crippen molar-refractivity contribution >= 4 is 22.9 Å². The highest BCUT2D eigenvalue weighted by molar-refractivity contribution is 6.10. The highest BCUT2D eigenvalue weighted by atomic mass is 16.6. The van der Waals surface area contributed by atoms with E-state index in [4.69, 9.17) is 4.74 Å². The van der Waals surface area contributed by atoms with Crippen molar-refractivity contribution in [3.8, 4) is 6.01 Å². The van der Waals surface area contributed by atoms with E-state index in [1.165, 1.54) is 7.05 Å². The molecule has 1 heterocycles. The molecule has 6 nitrogen and oxygen atoms in total. The maximum absolute atomic E-state index is 12.4. The first-order valence-electron chi connectivity index (χ1n) is 6.66. The van der Waals surface area contributed by atoms with Gasteiger partial charge in [0.2, 0.25) is 0 Å². The summed E-state index contributed by atoms with van der Waals surface area (Å²) >= 11 is 0. The normalized spacial score (nSPS) is 10.4. The summed E-state index contributed by atoms with van der Waals surface area (Å²) in [5, 5.41) is 2.33. The smallest absolute Gasteiger partial charge is 0.375 e. The third-order valence-electron chi connectivity index (χ3n) is 3.15. The molecule has 2 N–H and O–H groups in total. The summed E-state index contributed by atoms with van der Waals surface area (Å²) in [7, 11) is 1.46. The zero-order valence-electron chi connectivity index (χ0n) is 11.8. The number of ether oxygens (including phenoxy) is 1. The predicted octanol–water partition coefficient (Wildman–Crippen LogP) is 2.51. The van der Waals surface area contributed by atoms with Crippen molar-refractivity contribution < 1.29 is 14.3 Å². The second-order valence-electron chi connectivity index (χ2n) is 4.61. The minimum Gasteiger partial charge on any atom is -0.375 e. The lowest BCUT2D eigenvalue weighted by Crippen LogP contribution is -2.22. The fourth-order valence-corrected chi connectivity index (χ4v) is 2.07. The summed E-state index contributed by atoms with van der Waals surface area (Å²) < 4.78 is 4.93. The van der Waals surface area contributed by atoms with Crippen LogP contribution in [0.5, 0.6) is 6.01 Å². The van der Waals surface area contributed by atoms with Crippen LogP contribution in [0.15, 0.2) is 48.5 Å². The van der Waals surface area contributed by atoms with E-state index >= 15 is 0 Å². The molecule has 3 aromatic rings. The van der Waals surface area contributed by atoms with Crippen LogP contribution in [0.2, 0.25) is 0 Å². The first-order chi connectivity index (χ1) is 10.7. The fraction of sp³-hybridized carbons (Fsp3) is 0.0625. The van der Waals surface area contributed by atoms with Gasteiger partial charge in [0, 0.05) is 18.2 Å². The van der Waals surface area contributed by atoms with E-state index in [9.17, 15) is 9.59 Å². The number of imidazole rings is 1. The number of aromatic nitrogens is 2. The van der Waals surface area contributed by atoms with Crippen molar-refractivity contribution in [1.29, 1.82) is 0 Å². The number of fused-ring (bicyclic) bond motifs is 1. The lowest BCUT2D eigenvalue weighted by molar-refractivity contribution is 0.103. The minimum absolute atomic E-state index is 0.0821. The minimum atomic E-state index is -0.611. The van der Waals surface area contributed by atoms with E-state index in [-0.39, 0.29) is 11.8 Å². The molecule has 0 spiro atoms. The Morgan fingerprint density at radius 2 is 1.86 bits per heavy atom. The molecule has 0 saturated carbocycles. The average molecular weight is 295 g/mol.